The molecule has 0 spiro atoms. The van der Waals surface area contributed by atoms with Crippen molar-refractivity contribution in [3.8, 4) is 0 Å². The van der Waals surface area contributed by atoms with Gasteiger partial charge >= 0.3 is 0 Å². The summed E-state index contributed by atoms with van der Waals surface area (Å²) in [5.74, 6) is -1.07. The van der Waals surface area contributed by atoms with Crippen LogP contribution in [0.4, 0.5) is 0 Å². The van der Waals surface area contributed by atoms with E-state index in [0.29, 0.717) is 12.1 Å². The Hall–Kier alpha value is -2.17. The van der Waals surface area contributed by atoms with Crippen molar-refractivity contribution in [3.05, 3.63) is 34.9 Å². The summed E-state index contributed by atoms with van der Waals surface area (Å²) in [6.07, 6.45) is 0. The Morgan fingerprint density at radius 1 is 1.22 bits per heavy atom. The van der Waals surface area contributed by atoms with Crippen molar-refractivity contribution in [2.45, 2.75) is 13.8 Å². The van der Waals surface area contributed by atoms with Crippen LogP contribution in [0.5, 0.6) is 0 Å². The molecule has 94 valence electrons. The van der Waals surface area contributed by atoms with Gasteiger partial charge in [0.1, 0.15) is 0 Å². The Morgan fingerprint density at radius 2 is 1.83 bits per heavy atom. The number of nitrogens with two attached hydrogens (primary N) is 1. The van der Waals surface area contributed by atoms with Crippen LogP contribution < -0.4 is 5.73 Å². The van der Waals surface area contributed by atoms with E-state index in [-0.39, 0.29) is 28.9 Å². The average molecular weight is 246 g/mol. The Morgan fingerprint density at radius 3 is 2.39 bits per heavy atom. The zero-order valence-electron chi connectivity index (χ0n) is 10.3. The maximum Gasteiger partial charge on any atom is 0.261 e. The maximum atomic E-state index is 12.1. The minimum Gasteiger partial charge on any atom is -0.366 e. The molecule has 0 unspecified atom stereocenters. The van der Waals surface area contributed by atoms with E-state index in [1.54, 1.807) is 0 Å². The highest BCUT2D eigenvalue weighted by molar-refractivity contribution is 6.22. The number of amides is 3. The fraction of sp³-hybridized carbons (Fsp3) is 0.308. The van der Waals surface area contributed by atoms with Crippen molar-refractivity contribution < 1.29 is 14.4 Å². The van der Waals surface area contributed by atoms with Gasteiger partial charge in [-0.05, 0) is 24.1 Å². The van der Waals surface area contributed by atoms with Crippen LogP contribution in [0.2, 0.25) is 0 Å². The number of hydrogen-bond donors (Lipinski definition) is 1. The highest BCUT2D eigenvalue weighted by Gasteiger charge is 2.35. The number of imide groups is 1. The molecular formula is C13H14N2O3. The van der Waals surface area contributed by atoms with Crippen LogP contribution in [0, 0.1) is 5.92 Å². The largest absolute Gasteiger partial charge is 0.366 e. The van der Waals surface area contributed by atoms with E-state index in [9.17, 15) is 14.4 Å². The van der Waals surface area contributed by atoms with Crippen LogP contribution in [0.3, 0.4) is 0 Å². The summed E-state index contributed by atoms with van der Waals surface area (Å²) in [5, 5.41) is 0. The van der Waals surface area contributed by atoms with Crippen LogP contribution >= 0.6 is 0 Å². The second-order valence-electron chi connectivity index (χ2n) is 4.74. The first kappa shape index (κ1) is 12.3. The molecule has 3 amide bonds. The first-order valence-corrected chi connectivity index (χ1v) is 5.72. The molecule has 1 aromatic rings. The Balaban J connectivity index is 2.42. The number of carbonyl (C=O) groups excluding carboxylic acids is 3. The molecule has 0 atom stereocenters. The molecule has 0 radical (unpaired) electrons. The molecule has 5 heteroatoms. The monoisotopic (exact) mass is 246 g/mol. The van der Waals surface area contributed by atoms with Crippen molar-refractivity contribution in [2.75, 3.05) is 6.54 Å². The molecular weight excluding hydrogens is 232 g/mol. The van der Waals surface area contributed by atoms with Gasteiger partial charge in [0.25, 0.3) is 11.8 Å². The van der Waals surface area contributed by atoms with E-state index in [0.717, 1.165) is 0 Å². The fourth-order valence-corrected chi connectivity index (χ4v) is 1.97. The van der Waals surface area contributed by atoms with Gasteiger partial charge in [0, 0.05) is 12.1 Å². The van der Waals surface area contributed by atoms with Gasteiger partial charge in [0.05, 0.1) is 11.1 Å². The van der Waals surface area contributed by atoms with Crippen molar-refractivity contribution in [1.82, 2.24) is 4.90 Å². The molecule has 1 aromatic carbocycles. The van der Waals surface area contributed by atoms with Gasteiger partial charge in [-0.1, -0.05) is 13.8 Å². The van der Waals surface area contributed by atoms with E-state index in [2.05, 4.69) is 0 Å². The topological polar surface area (TPSA) is 80.5 Å². The summed E-state index contributed by atoms with van der Waals surface area (Å²) in [4.78, 5) is 36.4. The highest BCUT2D eigenvalue weighted by Crippen LogP contribution is 2.24. The third-order valence-corrected chi connectivity index (χ3v) is 2.80. The number of nitrogens with zero attached hydrogens (tertiary/aromatic N) is 1. The summed E-state index contributed by atoms with van der Waals surface area (Å²) < 4.78 is 0. The smallest absolute Gasteiger partial charge is 0.261 e. The molecule has 1 heterocycles. The van der Waals surface area contributed by atoms with Gasteiger partial charge < -0.3 is 5.73 Å². The Bertz CT molecular complexity index is 549. The molecule has 2 rings (SSSR count). The second kappa shape index (κ2) is 4.25. The minimum absolute atomic E-state index is 0.197. The van der Waals surface area contributed by atoms with Crippen LogP contribution in [-0.4, -0.2) is 29.2 Å². The Kier molecular flexibility index (Phi) is 2.90. The number of carbonyl (C=O) groups is 3. The predicted octanol–water partition coefficient (Wildman–Crippen LogP) is 1.04. The van der Waals surface area contributed by atoms with Gasteiger partial charge in [-0.3, -0.25) is 19.3 Å². The number of fused-ring (bicyclic) bond motifs is 1. The lowest BCUT2D eigenvalue weighted by molar-refractivity contribution is 0.0636. The van der Waals surface area contributed by atoms with Gasteiger partial charge in [0.15, 0.2) is 0 Å². The van der Waals surface area contributed by atoms with E-state index >= 15 is 0 Å². The van der Waals surface area contributed by atoms with Gasteiger partial charge in [-0.25, -0.2) is 0 Å². The third kappa shape index (κ3) is 1.88. The first-order chi connectivity index (χ1) is 8.41. The number of hydrogen-bond acceptors (Lipinski definition) is 3. The third-order valence-electron chi connectivity index (χ3n) is 2.80. The van der Waals surface area contributed by atoms with E-state index in [1.165, 1.54) is 23.1 Å². The summed E-state index contributed by atoms with van der Waals surface area (Å²) in [5.41, 5.74) is 5.99. The van der Waals surface area contributed by atoms with Crippen LogP contribution in [0.15, 0.2) is 18.2 Å². The first-order valence-electron chi connectivity index (χ1n) is 5.72. The lowest BCUT2D eigenvalue weighted by Crippen LogP contribution is -2.33. The lowest BCUT2D eigenvalue weighted by atomic mass is 10.1. The number of benzene rings is 1. The van der Waals surface area contributed by atoms with E-state index in [1.807, 2.05) is 13.8 Å². The van der Waals surface area contributed by atoms with Crippen molar-refractivity contribution >= 4 is 17.7 Å². The zero-order valence-corrected chi connectivity index (χ0v) is 10.3. The standard InChI is InChI=1S/C13H14N2O3/c1-7(2)6-15-12(17)9-4-3-8(11(14)16)5-10(9)13(15)18/h3-5,7H,6H2,1-2H3,(H2,14,16). The summed E-state index contributed by atoms with van der Waals surface area (Å²) in [7, 11) is 0. The lowest BCUT2D eigenvalue weighted by Gasteiger charge is -2.15. The number of rotatable bonds is 3. The molecule has 1 aliphatic rings. The molecule has 0 aromatic heterocycles. The second-order valence-corrected chi connectivity index (χ2v) is 4.74. The van der Waals surface area contributed by atoms with Crippen LogP contribution in [0.25, 0.3) is 0 Å². The molecule has 18 heavy (non-hydrogen) atoms. The quantitative estimate of drug-likeness (QED) is 0.809. The minimum atomic E-state index is -0.611. The maximum absolute atomic E-state index is 12.1. The van der Waals surface area contributed by atoms with Crippen molar-refractivity contribution in [3.63, 3.8) is 0 Å². The molecule has 0 bridgehead atoms. The Labute approximate surface area is 105 Å². The highest BCUT2D eigenvalue weighted by atomic mass is 16.2. The van der Waals surface area contributed by atoms with Crippen molar-refractivity contribution in [2.24, 2.45) is 11.7 Å². The van der Waals surface area contributed by atoms with Gasteiger partial charge in [-0.15, -0.1) is 0 Å². The van der Waals surface area contributed by atoms with Gasteiger partial charge in [-0.2, -0.15) is 0 Å². The SMILES string of the molecule is CC(C)CN1C(=O)c2ccc(C(N)=O)cc2C1=O. The molecule has 1 aliphatic heterocycles. The van der Waals surface area contributed by atoms with Gasteiger partial charge in [0.2, 0.25) is 5.91 Å². The van der Waals surface area contributed by atoms with E-state index in [4.69, 9.17) is 5.73 Å². The molecule has 0 saturated heterocycles. The van der Waals surface area contributed by atoms with Crippen molar-refractivity contribution in [1.29, 1.82) is 0 Å². The number of primary amides is 1. The fourth-order valence-electron chi connectivity index (χ4n) is 1.97. The van der Waals surface area contributed by atoms with Crippen LogP contribution in [0.1, 0.15) is 44.9 Å². The zero-order chi connectivity index (χ0) is 13.4. The summed E-state index contributed by atoms with van der Waals surface area (Å²) in [6.45, 7) is 4.23. The average Bonchev–Trinajstić information content (AvgIpc) is 2.53. The molecule has 0 fully saturated rings. The normalized spacial score (nSPS) is 14.3. The molecule has 2 N–H and O–H groups in total. The predicted molar refractivity (Wildman–Crippen MR) is 65.2 cm³/mol. The molecule has 0 saturated carbocycles. The van der Waals surface area contributed by atoms with E-state index < -0.39 is 5.91 Å². The molecule has 5 nitrogen and oxygen atoms in total. The summed E-state index contributed by atoms with van der Waals surface area (Å²) >= 11 is 0. The molecule has 0 aliphatic carbocycles. The summed E-state index contributed by atoms with van der Waals surface area (Å²) in [6, 6.07) is 4.33. The van der Waals surface area contributed by atoms with Crippen LogP contribution in [-0.2, 0) is 0 Å².